The van der Waals surface area contributed by atoms with Crippen molar-refractivity contribution >= 4 is 21.6 Å². The van der Waals surface area contributed by atoms with E-state index >= 15 is 0 Å². The average molecular weight is 386 g/mol. The Balaban J connectivity index is 2.25. The minimum absolute atomic E-state index is 0.0227. The molecule has 136 valence electrons. The Morgan fingerprint density at radius 1 is 1.04 bits per heavy atom. The monoisotopic (exact) mass is 385 g/mol. The summed E-state index contributed by atoms with van der Waals surface area (Å²) >= 11 is 5.92. The zero-order chi connectivity index (χ0) is 18.4. The highest BCUT2D eigenvalue weighted by Gasteiger charge is 2.23. The minimum Gasteiger partial charge on any atom is -0.496 e. The third kappa shape index (κ3) is 4.64. The molecule has 0 radical (unpaired) electrons. The van der Waals surface area contributed by atoms with Gasteiger partial charge in [0.25, 0.3) is 0 Å². The van der Waals surface area contributed by atoms with Crippen molar-refractivity contribution in [2.45, 2.75) is 11.0 Å². The number of hydrogen-bond acceptors (Lipinski definition) is 5. The van der Waals surface area contributed by atoms with Gasteiger partial charge in [0.05, 0.1) is 20.3 Å². The number of rotatable bonds is 8. The molecule has 0 aliphatic carbocycles. The molecule has 25 heavy (non-hydrogen) atoms. The fourth-order valence-electron chi connectivity index (χ4n) is 2.38. The Hall–Kier alpha value is -1.80. The topological polar surface area (TPSA) is 73.9 Å². The average Bonchev–Trinajstić information content (AvgIpc) is 2.62. The van der Waals surface area contributed by atoms with Crippen molar-refractivity contribution in [1.82, 2.24) is 4.72 Å². The van der Waals surface area contributed by atoms with Crippen molar-refractivity contribution in [2.75, 3.05) is 27.9 Å². The molecule has 6 nitrogen and oxygen atoms in total. The molecule has 0 saturated heterocycles. The third-order valence-corrected chi connectivity index (χ3v) is 5.32. The summed E-state index contributed by atoms with van der Waals surface area (Å²) in [7, 11) is 0.613. The van der Waals surface area contributed by atoms with E-state index in [1.165, 1.54) is 26.4 Å². The molecular weight excluding hydrogens is 366 g/mol. The summed E-state index contributed by atoms with van der Waals surface area (Å²) in [5.74, 6) is 0.831. The predicted molar refractivity (Wildman–Crippen MR) is 95.9 cm³/mol. The number of hydrogen-bond donors (Lipinski definition) is 1. The largest absolute Gasteiger partial charge is 0.496 e. The molecule has 2 rings (SSSR count). The van der Waals surface area contributed by atoms with Gasteiger partial charge >= 0.3 is 0 Å². The van der Waals surface area contributed by atoms with Crippen molar-refractivity contribution in [3.8, 4) is 11.5 Å². The van der Waals surface area contributed by atoms with Gasteiger partial charge in [0.1, 0.15) is 16.4 Å². The van der Waals surface area contributed by atoms with Crippen LogP contribution in [0.1, 0.15) is 11.7 Å². The van der Waals surface area contributed by atoms with E-state index in [0.717, 1.165) is 5.56 Å². The molecule has 0 saturated carbocycles. The molecule has 0 aromatic heterocycles. The van der Waals surface area contributed by atoms with Crippen LogP contribution in [-0.2, 0) is 14.8 Å². The number of nitrogens with one attached hydrogen (secondary N) is 1. The summed E-state index contributed by atoms with van der Waals surface area (Å²) in [6.45, 7) is 0.0227. The van der Waals surface area contributed by atoms with E-state index in [2.05, 4.69) is 4.72 Å². The fourth-order valence-corrected chi connectivity index (χ4v) is 3.84. The van der Waals surface area contributed by atoms with Crippen LogP contribution in [0.5, 0.6) is 11.5 Å². The van der Waals surface area contributed by atoms with Gasteiger partial charge in [0.2, 0.25) is 10.0 Å². The lowest BCUT2D eigenvalue weighted by Gasteiger charge is -2.19. The maximum absolute atomic E-state index is 12.6. The molecule has 1 unspecified atom stereocenters. The summed E-state index contributed by atoms with van der Waals surface area (Å²) in [5, 5.41) is 0.300. The fraction of sp³-hybridized carbons (Fsp3) is 0.294. The number of ether oxygens (including phenoxy) is 3. The quantitative estimate of drug-likeness (QED) is 0.756. The van der Waals surface area contributed by atoms with Crippen LogP contribution < -0.4 is 14.2 Å². The molecule has 0 heterocycles. The first-order valence-corrected chi connectivity index (χ1v) is 9.28. The Bertz CT molecular complexity index is 826. The van der Waals surface area contributed by atoms with Crippen molar-refractivity contribution in [2.24, 2.45) is 0 Å². The zero-order valence-corrected chi connectivity index (χ0v) is 15.7. The second kappa shape index (κ2) is 8.53. The van der Waals surface area contributed by atoms with Crippen LogP contribution in [-0.4, -0.2) is 36.3 Å². The first-order valence-electron chi connectivity index (χ1n) is 7.42. The molecule has 2 aromatic rings. The van der Waals surface area contributed by atoms with E-state index in [-0.39, 0.29) is 17.2 Å². The number of halogens is 1. The lowest BCUT2D eigenvalue weighted by Crippen LogP contribution is -2.29. The van der Waals surface area contributed by atoms with Crippen LogP contribution in [0, 0.1) is 0 Å². The lowest BCUT2D eigenvalue weighted by molar-refractivity contribution is 0.105. The second-order valence-electron chi connectivity index (χ2n) is 5.11. The van der Waals surface area contributed by atoms with Crippen LogP contribution >= 0.6 is 11.6 Å². The molecule has 0 bridgehead atoms. The Labute approximate surface area is 152 Å². The molecular formula is C17H20ClNO5S. The smallest absolute Gasteiger partial charge is 0.244 e. The molecule has 0 fully saturated rings. The first kappa shape index (κ1) is 19.5. The van der Waals surface area contributed by atoms with Crippen molar-refractivity contribution in [3.63, 3.8) is 0 Å². The number of para-hydroxylation sites is 1. The zero-order valence-electron chi connectivity index (χ0n) is 14.2. The summed E-state index contributed by atoms with van der Waals surface area (Å²) < 4.78 is 43.6. The van der Waals surface area contributed by atoms with E-state index in [1.807, 2.05) is 18.2 Å². The van der Waals surface area contributed by atoms with E-state index < -0.39 is 16.1 Å². The Kier molecular flexibility index (Phi) is 6.66. The van der Waals surface area contributed by atoms with E-state index in [1.54, 1.807) is 19.2 Å². The number of methoxy groups -OCH3 is 3. The minimum atomic E-state index is -3.84. The third-order valence-electron chi connectivity index (χ3n) is 3.64. The van der Waals surface area contributed by atoms with Gasteiger partial charge in [-0.05, 0) is 24.3 Å². The molecule has 1 N–H and O–H groups in total. The lowest BCUT2D eigenvalue weighted by atomic mass is 10.1. The molecule has 0 aliphatic rings. The van der Waals surface area contributed by atoms with Gasteiger partial charge < -0.3 is 14.2 Å². The molecule has 0 amide bonds. The van der Waals surface area contributed by atoms with E-state index in [9.17, 15) is 8.42 Å². The summed E-state index contributed by atoms with van der Waals surface area (Å²) in [6, 6.07) is 11.7. The van der Waals surface area contributed by atoms with Crippen LogP contribution in [0.25, 0.3) is 0 Å². The predicted octanol–water partition coefficient (Wildman–Crippen LogP) is 3.02. The standard InChI is InChI=1S/C17H20ClNO5S/c1-22-14-7-5-4-6-13(14)16(24-3)11-19-25(20,21)17-10-12(18)8-9-15(17)23-2/h4-10,16,19H,11H2,1-3H3. The van der Waals surface area contributed by atoms with Gasteiger partial charge in [-0.1, -0.05) is 29.8 Å². The Morgan fingerprint density at radius 3 is 2.36 bits per heavy atom. The molecule has 0 aliphatic heterocycles. The van der Waals surface area contributed by atoms with Crippen LogP contribution in [0.2, 0.25) is 5.02 Å². The maximum Gasteiger partial charge on any atom is 0.244 e. The van der Waals surface area contributed by atoms with Gasteiger partial charge in [-0.15, -0.1) is 0 Å². The van der Waals surface area contributed by atoms with Gasteiger partial charge in [0, 0.05) is 24.2 Å². The molecule has 2 aromatic carbocycles. The van der Waals surface area contributed by atoms with Crippen molar-refractivity contribution < 1.29 is 22.6 Å². The van der Waals surface area contributed by atoms with E-state index in [4.69, 9.17) is 25.8 Å². The van der Waals surface area contributed by atoms with Crippen molar-refractivity contribution in [3.05, 3.63) is 53.1 Å². The maximum atomic E-state index is 12.6. The van der Waals surface area contributed by atoms with Crippen LogP contribution in [0.3, 0.4) is 0 Å². The molecule has 1 atom stereocenters. The van der Waals surface area contributed by atoms with Gasteiger partial charge in [-0.2, -0.15) is 0 Å². The van der Waals surface area contributed by atoms with Gasteiger partial charge in [-0.25, -0.2) is 13.1 Å². The molecule has 0 spiro atoms. The van der Waals surface area contributed by atoms with Crippen LogP contribution in [0.4, 0.5) is 0 Å². The summed E-state index contributed by atoms with van der Waals surface area (Å²) in [4.78, 5) is -0.0302. The van der Waals surface area contributed by atoms with Gasteiger partial charge in [0.15, 0.2) is 0 Å². The number of sulfonamides is 1. The summed E-state index contributed by atoms with van der Waals surface area (Å²) in [6.07, 6.45) is -0.517. The van der Waals surface area contributed by atoms with E-state index in [0.29, 0.717) is 10.8 Å². The first-order chi connectivity index (χ1) is 11.9. The van der Waals surface area contributed by atoms with Crippen LogP contribution in [0.15, 0.2) is 47.4 Å². The number of benzene rings is 2. The Morgan fingerprint density at radius 2 is 1.72 bits per heavy atom. The molecule has 8 heteroatoms. The van der Waals surface area contributed by atoms with Gasteiger partial charge in [-0.3, -0.25) is 0 Å². The highest BCUT2D eigenvalue weighted by Crippen LogP contribution is 2.29. The summed E-state index contributed by atoms with van der Waals surface area (Å²) in [5.41, 5.74) is 0.744. The SMILES string of the molecule is COc1ccccc1C(CNS(=O)(=O)c1cc(Cl)ccc1OC)OC. The van der Waals surface area contributed by atoms with Crippen molar-refractivity contribution in [1.29, 1.82) is 0 Å². The highest BCUT2D eigenvalue weighted by atomic mass is 35.5. The normalized spacial score (nSPS) is 12.6. The highest BCUT2D eigenvalue weighted by molar-refractivity contribution is 7.89. The second-order valence-corrected chi connectivity index (χ2v) is 7.29.